The van der Waals surface area contributed by atoms with E-state index in [1.165, 1.54) is 24.9 Å². The van der Waals surface area contributed by atoms with Gasteiger partial charge in [-0.3, -0.25) is 0 Å². The number of hydrogen-bond donors (Lipinski definition) is 1. The van der Waals surface area contributed by atoms with Crippen LogP contribution < -0.4 is 9.64 Å². The minimum absolute atomic E-state index is 0.257. The quantitative estimate of drug-likeness (QED) is 0.751. The first-order valence-corrected chi connectivity index (χ1v) is 9.32. The number of nitrogens with zero attached hydrogens (tertiary/aromatic N) is 1. The predicted octanol–water partition coefficient (Wildman–Crippen LogP) is 5.92. The van der Waals surface area contributed by atoms with Crippen LogP contribution in [0.1, 0.15) is 55.7 Å². The number of aromatic hydroxyl groups is 1. The zero-order valence-electron chi connectivity index (χ0n) is 15.8. The smallest absolute Gasteiger partial charge is 0.133 e. The average Bonchev–Trinajstić information content (AvgIpc) is 2.60. The monoisotopic (exact) mass is 339 g/mol. The van der Waals surface area contributed by atoms with Gasteiger partial charge in [-0.25, -0.2) is 0 Å². The van der Waals surface area contributed by atoms with E-state index in [0.29, 0.717) is 5.75 Å². The number of rotatable bonds is 4. The van der Waals surface area contributed by atoms with E-state index < -0.39 is 0 Å². The molecule has 1 N–H and O–H groups in total. The Hall–Kier alpha value is -2.16. The maximum atomic E-state index is 10.0. The van der Waals surface area contributed by atoms with Crippen LogP contribution in [-0.2, 0) is 0 Å². The van der Waals surface area contributed by atoms with Crippen LogP contribution in [0.15, 0.2) is 30.3 Å². The van der Waals surface area contributed by atoms with E-state index in [4.69, 9.17) is 4.74 Å². The van der Waals surface area contributed by atoms with Gasteiger partial charge in [0.05, 0.1) is 0 Å². The van der Waals surface area contributed by atoms with Gasteiger partial charge < -0.3 is 14.7 Å². The summed E-state index contributed by atoms with van der Waals surface area (Å²) in [7, 11) is 0. The molecule has 0 unspecified atom stereocenters. The summed E-state index contributed by atoms with van der Waals surface area (Å²) in [6.07, 6.45) is 3.90. The molecule has 1 heterocycles. The summed E-state index contributed by atoms with van der Waals surface area (Å²) in [6.45, 7) is 10.7. The van der Waals surface area contributed by atoms with Crippen LogP contribution in [0.2, 0.25) is 0 Å². The standard InChI is InChI=1S/C22H29NO2/c1-15(2)20-14-19(8-9-21(20)24)25-22-16(3)12-18(13-17(22)4)23-10-6-5-7-11-23/h8-9,12-15,24H,5-7,10-11H2,1-4H3. The van der Waals surface area contributed by atoms with Crippen molar-refractivity contribution in [2.45, 2.75) is 52.9 Å². The van der Waals surface area contributed by atoms with Crippen molar-refractivity contribution in [1.82, 2.24) is 0 Å². The summed E-state index contributed by atoms with van der Waals surface area (Å²) >= 11 is 0. The molecule has 1 saturated heterocycles. The molecule has 134 valence electrons. The van der Waals surface area contributed by atoms with Crippen molar-refractivity contribution in [1.29, 1.82) is 0 Å². The van der Waals surface area contributed by atoms with Crippen molar-refractivity contribution >= 4 is 5.69 Å². The molecule has 3 rings (SSSR count). The molecule has 0 radical (unpaired) electrons. The van der Waals surface area contributed by atoms with Gasteiger partial charge >= 0.3 is 0 Å². The van der Waals surface area contributed by atoms with Crippen LogP contribution in [0.4, 0.5) is 5.69 Å². The highest BCUT2D eigenvalue weighted by Crippen LogP contribution is 2.36. The number of aryl methyl sites for hydroxylation is 2. The van der Waals surface area contributed by atoms with Gasteiger partial charge in [0.15, 0.2) is 0 Å². The highest BCUT2D eigenvalue weighted by molar-refractivity contribution is 5.58. The SMILES string of the molecule is Cc1cc(N2CCCCC2)cc(C)c1Oc1ccc(O)c(C(C)C)c1. The Bertz CT molecular complexity index is 723. The lowest BCUT2D eigenvalue weighted by Crippen LogP contribution is -2.29. The molecule has 2 aromatic carbocycles. The molecular weight excluding hydrogens is 310 g/mol. The molecule has 1 aliphatic heterocycles. The topological polar surface area (TPSA) is 32.7 Å². The first-order chi connectivity index (χ1) is 12.0. The van der Waals surface area contributed by atoms with E-state index in [0.717, 1.165) is 41.3 Å². The van der Waals surface area contributed by atoms with Crippen molar-refractivity contribution in [3.05, 3.63) is 47.0 Å². The summed E-state index contributed by atoms with van der Waals surface area (Å²) in [5, 5.41) is 10.0. The molecule has 0 amide bonds. The zero-order valence-corrected chi connectivity index (χ0v) is 15.8. The van der Waals surface area contributed by atoms with Gasteiger partial charge in [-0.2, -0.15) is 0 Å². The third-order valence-electron chi connectivity index (χ3n) is 5.01. The molecular formula is C22H29NO2. The molecule has 1 aliphatic rings. The molecule has 1 fully saturated rings. The largest absolute Gasteiger partial charge is 0.508 e. The van der Waals surface area contributed by atoms with Gasteiger partial charge in [-0.05, 0) is 80.5 Å². The Balaban J connectivity index is 1.87. The maximum absolute atomic E-state index is 10.0. The van der Waals surface area contributed by atoms with Crippen molar-refractivity contribution in [3.63, 3.8) is 0 Å². The molecule has 0 aromatic heterocycles. The highest BCUT2D eigenvalue weighted by Gasteiger charge is 2.15. The fourth-order valence-corrected chi connectivity index (χ4v) is 3.60. The van der Waals surface area contributed by atoms with Gasteiger partial charge in [-0.15, -0.1) is 0 Å². The Morgan fingerprint density at radius 1 is 0.960 bits per heavy atom. The lowest BCUT2D eigenvalue weighted by molar-refractivity contribution is 0.452. The normalized spacial score (nSPS) is 14.8. The number of anilines is 1. The van der Waals surface area contributed by atoms with E-state index >= 15 is 0 Å². The molecule has 0 saturated carbocycles. The molecule has 0 aliphatic carbocycles. The van der Waals surface area contributed by atoms with E-state index in [9.17, 15) is 5.11 Å². The molecule has 3 heteroatoms. The van der Waals surface area contributed by atoms with Crippen molar-refractivity contribution in [3.8, 4) is 17.2 Å². The van der Waals surface area contributed by atoms with Crippen molar-refractivity contribution in [2.75, 3.05) is 18.0 Å². The van der Waals surface area contributed by atoms with Gasteiger partial charge in [0.2, 0.25) is 0 Å². The highest BCUT2D eigenvalue weighted by atomic mass is 16.5. The number of hydrogen-bond acceptors (Lipinski definition) is 3. The summed E-state index contributed by atoms with van der Waals surface area (Å²) in [5.41, 5.74) is 4.52. The number of ether oxygens (including phenoxy) is 1. The van der Waals surface area contributed by atoms with E-state index in [1.807, 2.05) is 12.1 Å². The third kappa shape index (κ3) is 3.92. The fourth-order valence-electron chi connectivity index (χ4n) is 3.60. The van der Waals surface area contributed by atoms with Crippen LogP contribution in [0.25, 0.3) is 0 Å². The summed E-state index contributed by atoms with van der Waals surface area (Å²) < 4.78 is 6.20. The van der Waals surface area contributed by atoms with Crippen LogP contribution >= 0.6 is 0 Å². The Kier molecular flexibility index (Phi) is 5.22. The fraction of sp³-hybridized carbons (Fsp3) is 0.455. The molecule has 3 nitrogen and oxygen atoms in total. The first-order valence-electron chi connectivity index (χ1n) is 9.32. The lowest BCUT2D eigenvalue weighted by atomic mass is 10.0. The van der Waals surface area contributed by atoms with Crippen LogP contribution in [0, 0.1) is 13.8 Å². The Morgan fingerprint density at radius 3 is 2.20 bits per heavy atom. The van der Waals surface area contributed by atoms with Crippen LogP contribution in [0.5, 0.6) is 17.2 Å². The van der Waals surface area contributed by atoms with Gasteiger partial charge in [0.25, 0.3) is 0 Å². The first kappa shape index (κ1) is 17.7. The minimum atomic E-state index is 0.257. The van der Waals surface area contributed by atoms with E-state index in [-0.39, 0.29) is 5.92 Å². The molecule has 0 atom stereocenters. The number of phenols is 1. The van der Waals surface area contributed by atoms with Gasteiger partial charge in [-0.1, -0.05) is 13.8 Å². The summed E-state index contributed by atoms with van der Waals surface area (Å²) in [5.74, 6) is 2.28. The third-order valence-corrected chi connectivity index (χ3v) is 5.01. The van der Waals surface area contributed by atoms with Crippen LogP contribution in [0.3, 0.4) is 0 Å². The predicted molar refractivity (Wildman–Crippen MR) is 104 cm³/mol. The van der Waals surface area contributed by atoms with E-state index in [1.54, 1.807) is 6.07 Å². The zero-order chi connectivity index (χ0) is 18.0. The van der Waals surface area contributed by atoms with E-state index in [2.05, 4.69) is 44.7 Å². The summed E-state index contributed by atoms with van der Waals surface area (Å²) in [6, 6.07) is 9.96. The van der Waals surface area contributed by atoms with Crippen LogP contribution in [-0.4, -0.2) is 18.2 Å². The number of benzene rings is 2. The second-order valence-corrected chi connectivity index (χ2v) is 7.43. The average molecular weight is 339 g/mol. The Morgan fingerprint density at radius 2 is 1.60 bits per heavy atom. The lowest BCUT2D eigenvalue weighted by Gasteiger charge is -2.30. The number of piperidine rings is 1. The van der Waals surface area contributed by atoms with Gasteiger partial charge in [0.1, 0.15) is 17.2 Å². The van der Waals surface area contributed by atoms with Gasteiger partial charge in [0, 0.05) is 24.3 Å². The second-order valence-electron chi connectivity index (χ2n) is 7.43. The second kappa shape index (κ2) is 7.38. The molecule has 0 spiro atoms. The maximum Gasteiger partial charge on any atom is 0.133 e. The molecule has 25 heavy (non-hydrogen) atoms. The van der Waals surface area contributed by atoms with Crippen molar-refractivity contribution < 1.29 is 9.84 Å². The molecule has 0 bridgehead atoms. The molecule has 2 aromatic rings. The Labute approximate surface area is 151 Å². The number of phenolic OH excluding ortho intramolecular Hbond substituents is 1. The summed E-state index contributed by atoms with van der Waals surface area (Å²) in [4.78, 5) is 2.48. The minimum Gasteiger partial charge on any atom is -0.508 e. The van der Waals surface area contributed by atoms with Crippen molar-refractivity contribution in [2.24, 2.45) is 0 Å².